The number of nitrogens with zero attached hydrogens (tertiary/aromatic N) is 5. The lowest BCUT2D eigenvalue weighted by atomic mass is 10.3. The number of carbonyl (C=O) groups is 1. The van der Waals surface area contributed by atoms with Gasteiger partial charge in [0.05, 0.1) is 23.2 Å². The standard InChI is InChI=1S/C13H16N6O5S/c1-9-4-11(18(16-9)10-2-3-25(23,24)7-10)15-13(20)6-17-5-12(14-8-17)19(21)22/h4-5,8,10H,2-3,6-7H2,1H3,(H,15,20)/t10-/m0/s1. The van der Waals surface area contributed by atoms with Crippen LogP contribution < -0.4 is 5.32 Å². The van der Waals surface area contributed by atoms with Crippen LogP contribution in [0.4, 0.5) is 11.6 Å². The number of sulfone groups is 1. The van der Waals surface area contributed by atoms with Crippen molar-refractivity contribution >= 4 is 27.4 Å². The molecule has 0 aromatic carbocycles. The number of rotatable bonds is 5. The molecule has 25 heavy (non-hydrogen) atoms. The van der Waals surface area contributed by atoms with Gasteiger partial charge in [-0.2, -0.15) is 5.10 Å². The maximum absolute atomic E-state index is 12.2. The number of nitro groups is 1. The summed E-state index contributed by atoms with van der Waals surface area (Å²) in [7, 11) is -3.08. The molecule has 2 aromatic heterocycles. The van der Waals surface area contributed by atoms with Crippen LogP contribution in [0.1, 0.15) is 18.2 Å². The third kappa shape index (κ3) is 3.84. The summed E-state index contributed by atoms with van der Waals surface area (Å²) in [5.41, 5.74) is 0.651. The van der Waals surface area contributed by atoms with Gasteiger partial charge in [0.25, 0.3) is 0 Å². The van der Waals surface area contributed by atoms with Crippen molar-refractivity contribution in [3.05, 3.63) is 34.4 Å². The largest absolute Gasteiger partial charge is 0.381 e. The molecule has 1 saturated heterocycles. The second kappa shape index (κ2) is 6.27. The lowest BCUT2D eigenvalue weighted by molar-refractivity contribution is -0.389. The van der Waals surface area contributed by atoms with E-state index in [-0.39, 0.29) is 29.9 Å². The molecule has 1 fully saturated rings. The Morgan fingerprint density at radius 2 is 2.28 bits per heavy atom. The predicted octanol–water partition coefficient (Wildman–Crippen LogP) is 0.295. The van der Waals surface area contributed by atoms with Crippen LogP contribution in [0.5, 0.6) is 0 Å². The molecule has 1 amide bonds. The van der Waals surface area contributed by atoms with Gasteiger partial charge in [-0.15, -0.1) is 0 Å². The minimum absolute atomic E-state index is 0.00922. The average Bonchev–Trinajstić information content (AvgIpc) is 3.18. The second-order valence-corrected chi connectivity index (χ2v) is 8.11. The quantitative estimate of drug-likeness (QED) is 0.590. The fourth-order valence-electron chi connectivity index (χ4n) is 2.73. The topological polar surface area (TPSA) is 142 Å². The molecule has 12 heteroatoms. The summed E-state index contributed by atoms with van der Waals surface area (Å²) < 4.78 is 26.1. The number of hydrogen-bond donors (Lipinski definition) is 1. The molecule has 0 bridgehead atoms. The number of carbonyl (C=O) groups excluding carboxylic acids is 1. The monoisotopic (exact) mass is 368 g/mol. The molecular formula is C13H16N6O5S. The molecule has 0 saturated carbocycles. The molecule has 1 aliphatic heterocycles. The van der Waals surface area contributed by atoms with Crippen LogP contribution in [0.2, 0.25) is 0 Å². The van der Waals surface area contributed by atoms with Crippen molar-refractivity contribution in [2.75, 3.05) is 16.8 Å². The lowest BCUT2D eigenvalue weighted by Gasteiger charge is -2.13. The first-order valence-electron chi connectivity index (χ1n) is 7.46. The first kappa shape index (κ1) is 17.1. The molecule has 134 valence electrons. The van der Waals surface area contributed by atoms with Crippen molar-refractivity contribution in [2.45, 2.75) is 25.9 Å². The highest BCUT2D eigenvalue weighted by atomic mass is 32.2. The van der Waals surface area contributed by atoms with Crippen LogP contribution in [0, 0.1) is 17.0 Å². The molecule has 0 unspecified atom stereocenters. The predicted molar refractivity (Wildman–Crippen MR) is 86.8 cm³/mol. The third-order valence-corrected chi connectivity index (χ3v) is 5.56. The highest BCUT2D eigenvalue weighted by Gasteiger charge is 2.31. The molecule has 3 heterocycles. The Balaban J connectivity index is 1.72. The van der Waals surface area contributed by atoms with E-state index in [4.69, 9.17) is 0 Å². The van der Waals surface area contributed by atoms with Gasteiger partial charge in [0.1, 0.15) is 18.6 Å². The molecular weight excluding hydrogens is 352 g/mol. The highest BCUT2D eigenvalue weighted by molar-refractivity contribution is 7.91. The summed E-state index contributed by atoms with van der Waals surface area (Å²) in [4.78, 5) is 25.7. The van der Waals surface area contributed by atoms with Crippen molar-refractivity contribution in [3.8, 4) is 0 Å². The van der Waals surface area contributed by atoms with Crippen molar-refractivity contribution in [1.82, 2.24) is 19.3 Å². The van der Waals surface area contributed by atoms with Gasteiger partial charge in [0, 0.05) is 6.07 Å². The Kier molecular flexibility index (Phi) is 4.29. The molecule has 0 spiro atoms. The number of aryl methyl sites for hydroxylation is 1. The smallest absolute Gasteiger partial charge is 0.358 e. The zero-order chi connectivity index (χ0) is 18.2. The number of nitrogens with one attached hydrogen (secondary N) is 1. The van der Waals surface area contributed by atoms with Gasteiger partial charge in [-0.25, -0.2) is 13.1 Å². The summed E-state index contributed by atoms with van der Waals surface area (Å²) in [5.74, 6) is -0.272. The third-order valence-electron chi connectivity index (χ3n) is 3.81. The summed E-state index contributed by atoms with van der Waals surface area (Å²) in [6, 6.07) is 1.34. The average molecular weight is 368 g/mol. The van der Waals surface area contributed by atoms with E-state index >= 15 is 0 Å². The molecule has 3 rings (SSSR count). The molecule has 11 nitrogen and oxygen atoms in total. The SMILES string of the molecule is Cc1cc(NC(=O)Cn2cnc([N+](=O)[O-])c2)n([C@H]2CCS(=O)(=O)C2)n1. The van der Waals surface area contributed by atoms with Crippen LogP contribution in [0.15, 0.2) is 18.6 Å². The fourth-order valence-corrected chi connectivity index (χ4v) is 4.43. The van der Waals surface area contributed by atoms with E-state index in [1.165, 1.54) is 15.6 Å². The van der Waals surface area contributed by atoms with E-state index in [0.717, 1.165) is 6.20 Å². The Morgan fingerprint density at radius 1 is 1.52 bits per heavy atom. The minimum Gasteiger partial charge on any atom is -0.358 e. The normalized spacial score (nSPS) is 19.0. The van der Waals surface area contributed by atoms with Crippen LogP contribution in [-0.2, 0) is 21.2 Å². The Bertz CT molecular complexity index is 931. The summed E-state index contributed by atoms with van der Waals surface area (Å²) in [5, 5.41) is 17.6. The molecule has 0 aliphatic carbocycles. The molecule has 1 atom stereocenters. The van der Waals surface area contributed by atoms with Crippen molar-refractivity contribution in [2.24, 2.45) is 0 Å². The van der Waals surface area contributed by atoms with Crippen molar-refractivity contribution < 1.29 is 18.1 Å². The zero-order valence-corrected chi connectivity index (χ0v) is 14.1. The van der Waals surface area contributed by atoms with Crippen molar-refractivity contribution in [1.29, 1.82) is 0 Å². The molecule has 1 N–H and O–H groups in total. The molecule has 2 aromatic rings. The van der Waals surface area contributed by atoms with Gasteiger partial charge in [0.2, 0.25) is 12.2 Å². The van der Waals surface area contributed by atoms with E-state index in [1.54, 1.807) is 13.0 Å². The Labute approximate surface area is 142 Å². The maximum Gasteiger partial charge on any atom is 0.381 e. The second-order valence-electron chi connectivity index (χ2n) is 5.88. The Morgan fingerprint density at radius 3 is 2.88 bits per heavy atom. The fraction of sp³-hybridized carbons (Fsp3) is 0.462. The van der Waals surface area contributed by atoms with Crippen LogP contribution in [-0.4, -0.2) is 50.1 Å². The van der Waals surface area contributed by atoms with E-state index in [1.807, 2.05) is 0 Å². The van der Waals surface area contributed by atoms with E-state index in [9.17, 15) is 23.3 Å². The van der Waals surface area contributed by atoms with Gasteiger partial charge in [0.15, 0.2) is 9.84 Å². The van der Waals surface area contributed by atoms with Crippen LogP contribution in [0.3, 0.4) is 0 Å². The van der Waals surface area contributed by atoms with Gasteiger partial charge in [-0.1, -0.05) is 0 Å². The number of aromatic nitrogens is 4. The van der Waals surface area contributed by atoms with Gasteiger partial charge in [-0.05, 0) is 23.3 Å². The maximum atomic E-state index is 12.2. The summed E-state index contributed by atoms with van der Waals surface area (Å²) >= 11 is 0. The summed E-state index contributed by atoms with van der Waals surface area (Å²) in [6.07, 6.45) is 2.80. The summed E-state index contributed by atoms with van der Waals surface area (Å²) in [6.45, 7) is 1.59. The number of anilines is 1. The first-order chi connectivity index (χ1) is 11.7. The lowest BCUT2D eigenvalue weighted by Crippen LogP contribution is -2.22. The molecule has 1 aliphatic rings. The number of imidazole rings is 1. The molecule has 0 radical (unpaired) electrons. The van der Waals surface area contributed by atoms with Gasteiger partial charge in [-0.3, -0.25) is 4.79 Å². The Hall–Kier alpha value is -2.76. The van der Waals surface area contributed by atoms with Crippen LogP contribution in [0.25, 0.3) is 0 Å². The van der Waals surface area contributed by atoms with Gasteiger partial charge < -0.3 is 20.0 Å². The van der Waals surface area contributed by atoms with Crippen LogP contribution >= 0.6 is 0 Å². The van der Waals surface area contributed by atoms with E-state index in [0.29, 0.717) is 17.9 Å². The van der Waals surface area contributed by atoms with E-state index in [2.05, 4.69) is 15.4 Å². The highest BCUT2D eigenvalue weighted by Crippen LogP contribution is 2.27. The zero-order valence-electron chi connectivity index (χ0n) is 13.3. The minimum atomic E-state index is -3.08. The van der Waals surface area contributed by atoms with Crippen molar-refractivity contribution in [3.63, 3.8) is 0 Å². The van der Waals surface area contributed by atoms with Gasteiger partial charge >= 0.3 is 5.82 Å². The number of amides is 1. The number of hydrogen-bond acceptors (Lipinski definition) is 7. The van der Waals surface area contributed by atoms with E-state index < -0.39 is 20.7 Å². The first-order valence-corrected chi connectivity index (χ1v) is 9.28.